The molecule has 0 aliphatic heterocycles. The highest BCUT2D eigenvalue weighted by atomic mass is 19.1. The number of hydrogen-bond acceptors (Lipinski definition) is 3. The van der Waals surface area contributed by atoms with Crippen molar-refractivity contribution in [1.82, 2.24) is 10.3 Å². The predicted octanol–water partition coefficient (Wildman–Crippen LogP) is 3.09. The number of carbonyl (C=O) groups is 1. The van der Waals surface area contributed by atoms with Crippen LogP contribution in [0.1, 0.15) is 20.8 Å². The lowest BCUT2D eigenvalue weighted by atomic mass is 9.92. The fraction of sp³-hybridized carbons (Fsp3) is 0.375. The molecule has 22 heavy (non-hydrogen) atoms. The smallest absolute Gasteiger partial charge is 0.227 e. The summed E-state index contributed by atoms with van der Waals surface area (Å²) in [6.07, 6.45) is 1.45. The average Bonchev–Trinajstić information content (AvgIpc) is 2.45. The van der Waals surface area contributed by atoms with E-state index in [0.717, 1.165) is 6.07 Å². The van der Waals surface area contributed by atoms with Crippen LogP contribution in [0, 0.1) is 17.0 Å². The van der Waals surface area contributed by atoms with Gasteiger partial charge in [0.2, 0.25) is 5.91 Å². The number of benzene rings is 1. The van der Waals surface area contributed by atoms with Crippen molar-refractivity contribution < 1.29 is 13.6 Å². The Hall–Kier alpha value is -2.24. The van der Waals surface area contributed by atoms with Crippen molar-refractivity contribution in [2.75, 3.05) is 18.4 Å². The maximum atomic E-state index is 13.7. The number of nitrogens with one attached hydrogen (secondary N) is 2. The number of fused-ring (bicyclic) bond motifs is 1. The highest BCUT2D eigenvalue weighted by Gasteiger charge is 2.27. The zero-order valence-corrected chi connectivity index (χ0v) is 12.8. The molecule has 0 aliphatic rings. The van der Waals surface area contributed by atoms with Gasteiger partial charge in [-0.1, -0.05) is 0 Å². The van der Waals surface area contributed by atoms with E-state index in [2.05, 4.69) is 15.6 Å². The van der Waals surface area contributed by atoms with Crippen molar-refractivity contribution in [1.29, 1.82) is 0 Å². The zero-order chi connectivity index (χ0) is 16.3. The molecule has 0 spiro atoms. The molecular formula is C16H19F2N3O. The summed E-state index contributed by atoms with van der Waals surface area (Å²) in [4.78, 5) is 15.9. The van der Waals surface area contributed by atoms with E-state index >= 15 is 0 Å². The van der Waals surface area contributed by atoms with Crippen LogP contribution >= 0.6 is 0 Å². The molecule has 2 N–H and O–H groups in total. The van der Waals surface area contributed by atoms with Crippen LogP contribution < -0.4 is 10.6 Å². The molecule has 0 radical (unpaired) electrons. The first-order valence-electron chi connectivity index (χ1n) is 7.11. The fourth-order valence-electron chi connectivity index (χ4n) is 2.13. The van der Waals surface area contributed by atoms with Gasteiger partial charge in [0.1, 0.15) is 11.3 Å². The van der Waals surface area contributed by atoms with Crippen LogP contribution in [-0.4, -0.2) is 24.0 Å². The van der Waals surface area contributed by atoms with Gasteiger partial charge in [-0.2, -0.15) is 0 Å². The van der Waals surface area contributed by atoms with Gasteiger partial charge in [-0.25, -0.2) is 8.78 Å². The van der Waals surface area contributed by atoms with Crippen molar-refractivity contribution in [3.05, 3.63) is 36.0 Å². The topological polar surface area (TPSA) is 54.0 Å². The Morgan fingerprint density at radius 3 is 2.73 bits per heavy atom. The lowest BCUT2D eigenvalue weighted by Gasteiger charge is -2.24. The molecule has 0 saturated carbocycles. The van der Waals surface area contributed by atoms with Gasteiger partial charge in [0.15, 0.2) is 5.82 Å². The number of anilines is 1. The summed E-state index contributed by atoms with van der Waals surface area (Å²) in [6, 6.07) is 3.67. The quantitative estimate of drug-likeness (QED) is 0.892. The maximum absolute atomic E-state index is 13.7. The Morgan fingerprint density at radius 1 is 1.32 bits per heavy atom. The normalized spacial score (nSPS) is 11.5. The molecule has 1 amide bonds. The van der Waals surface area contributed by atoms with E-state index in [9.17, 15) is 13.6 Å². The molecule has 1 heterocycles. The number of halogens is 2. The van der Waals surface area contributed by atoms with Gasteiger partial charge in [0.25, 0.3) is 0 Å². The molecule has 118 valence electrons. The third-order valence-corrected chi connectivity index (χ3v) is 3.44. The van der Waals surface area contributed by atoms with E-state index in [-0.39, 0.29) is 11.4 Å². The Morgan fingerprint density at radius 2 is 2.05 bits per heavy atom. The van der Waals surface area contributed by atoms with Gasteiger partial charge >= 0.3 is 0 Å². The Balaban J connectivity index is 2.27. The van der Waals surface area contributed by atoms with Crippen LogP contribution in [0.25, 0.3) is 10.9 Å². The van der Waals surface area contributed by atoms with Crippen molar-refractivity contribution in [3.8, 4) is 0 Å². The Bertz CT molecular complexity index is 701. The number of amides is 1. The summed E-state index contributed by atoms with van der Waals surface area (Å²) in [5.74, 6) is -1.45. The van der Waals surface area contributed by atoms with Crippen molar-refractivity contribution in [2.24, 2.45) is 5.41 Å². The SMILES string of the molecule is CCNC(=O)C(C)(C)CNc1ccnc2c(F)cc(F)cc12. The van der Waals surface area contributed by atoms with Crippen LogP contribution in [0.4, 0.5) is 14.5 Å². The van der Waals surface area contributed by atoms with Crippen LogP contribution in [0.3, 0.4) is 0 Å². The number of nitrogens with zero attached hydrogens (tertiary/aromatic N) is 1. The minimum Gasteiger partial charge on any atom is -0.383 e. The van der Waals surface area contributed by atoms with Gasteiger partial charge in [-0.3, -0.25) is 9.78 Å². The maximum Gasteiger partial charge on any atom is 0.227 e. The van der Waals surface area contributed by atoms with E-state index in [1.807, 2.05) is 6.92 Å². The average molecular weight is 307 g/mol. The van der Waals surface area contributed by atoms with E-state index in [0.29, 0.717) is 24.2 Å². The van der Waals surface area contributed by atoms with Crippen molar-refractivity contribution >= 4 is 22.5 Å². The van der Waals surface area contributed by atoms with Gasteiger partial charge < -0.3 is 10.6 Å². The summed E-state index contributed by atoms with van der Waals surface area (Å²) < 4.78 is 27.2. The number of carbonyl (C=O) groups excluding carboxylic acids is 1. The number of aromatic nitrogens is 1. The fourth-order valence-corrected chi connectivity index (χ4v) is 2.13. The van der Waals surface area contributed by atoms with Crippen LogP contribution in [-0.2, 0) is 4.79 Å². The molecule has 2 aromatic rings. The molecule has 0 saturated heterocycles. The molecule has 1 aromatic carbocycles. The highest BCUT2D eigenvalue weighted by Crippen LogP contribution is 2.26. The molecule has 0 bridgehead atoms. The summed E-state index contributed by atoms with van der Waals surface area (Å²) in [7, 11) is 0. The third kappa shape index (κ3) is 3.32. The first kappa shape index (κ1) is 16.1. The molecule has 4 nitrogen and oxygen atoms in total. The lowest BCUT2D eigenvalue weighted by Crippen LogP contribution is -2.41. The number of hydrogen-bond donors (Lipinski definition) is 2. The first-order chi connectivity index (χ1) is 10.3. The molecule has 0 atom stereocenters. The van der Waals surface area contributed by atoms with Gasteiger partial charge in [-0.15, -0.1) is 0 Å². The largest absolute Gasteiger partial charge is 0.383 e. The van der Waals surface area contributed by atoms with E-state index in [4.69, 9.17) is 0 Å². The van der Waals surface area contributed by atoms with Gasteiger partial charge in [0, 0.05) is 36.4 Å². The summed E-state index contributed by atoms with van der Waals surface area (Å²) in [5, 5.41) is 6.21. The molecule has 6 heteroatoms. The summed E-state index contributed by atoms with van der Waals surface area (Å²) >= 11 is 0. The minimum absolute atomic E-state index is 0.0850. The zero-order valence-electron chi connectivity index (χ0n) is 12.8. The number of pyridine rings is 1. The molecule has 0 aliphatic carbocycles. The molecular weight excluding hydrogens is 288 g/mol. The minimum atomic E-state index is -0.707. The molecule has 1 aromatic heterocycles. The van der Waals surface area contributed by atoms with E-state index in [1.165, 1.54) is 12.3 Å². The third-order valence-electron chi connectivity index (χ3n) is 3.44. The van der Waals surface area contributed by atoms with Crippen LogP contribution in [0.15, 0.2) is 24.4 Å². The standard InChI is InChI=1S/C16H19F2N3O/c1-4-19-15(22)16(2,3)9-21-13-5-6-20-14-11(13)7-10(17)8-12(14)18/h5-8H,4,9H2,1-3H3,(H,19,22)(H,20,21). The van der Waals surface area contributed by atoms with Crippen LogP contribution in [0.5, 0.6) is 0 Å². The van der Waals surface area contributed by atoms with Gasteiger partial charge in [-0.05, 0) is 32.9 Å². The highest BCUT2D eigenvalue weighted by molar-refractivity contribution is 5.91. The molecule has 0 unspecified atom stereocenters. The van der Waals surface area contributed by atoms with E-state index in [1.54, 1.807) is 19.9 Å². The van der Waals surface area contributed by atoms with E-state index < -0.39 is 17.0 Å². The van der Waals surface area contributed by atoms with Crippen molar-refractivity contribution in [2.45, 2.75) is 20.8 Å². The summed E-state index contributed by atoms with van der Waals surface area (Å²) in [6.45, 7) is 6.33. The van der Waals surface area contributed by atoms with Crippen LogP contribution in [0.2, 0.25) is 0 Å². The summed E-state index contributed by atoms with van der Waals surface area (Å²) in [5.41, 5.74) is -0.0136. The second kappa shape index (κ2) is 6.25. The molecule has 2 rings (SSSR count). The lowest BCUT2D eigenvalue weighted by molar-refractivity contribution is -0.128. The second-order valence-corrected chi connectivity index (χ2v) is 5.74. The second-order valence-electron chi connectivity index (χ2n) is 5.74. The Labute approximate surface area is 127 Å². The monoisotopic (exact) mass is 307 g/mol. The van der Waals surface area contributed by atoms with Gasteiger partial charge in [0.05, 0.1) is 5.41 Å². The predicted molar refractivity (Wildman–Crippen MR) is 82.6 cm³/mol. The van der Waals surface area contributed by atoms with Crippen molar-refractivity contribution in [3.63, 3.8) is 0 Å². The molecule has 0 fully saturated rings. The Kier molecular flexibility index (Phi) is 4.59. The first-order valence-corrected chi connectivity index (χ1v) is 7.11. The number of rotatable bonds is 5.